The lowest BCUT2D eigenvalue weighted by molar-refractivity contribution is 0.254. The Morgan fingerprint density at radius 3 is 2.43 bits per heavy atom. The van der Waals surface area contributed by atoms with Crippen molar-refractivity contribution in [2.24, 2.45) is 5.73 Å². The summed E-state index contributed by atoms with van der Waals surface area (Å²) in [5, 5.41) is 0. The Kier molecular flexibility index (Phi) is 6.44. The van der Waals surface area contributed by atoms with Crippen molar-refractivity contribution >= 4 is 9.84 Å². The summed E-state index contributed by atoms with van der Waals surface area (Å²) in [5.74, 6) is 1.35. The highest BCUT2D eigenvalue weighted by molar-refractivity contribution is 7.90. The smallest absolute Gasteiger partial charge is 0.165 e. The Morgan fingerprint density at radius 1 is 1.29 bits per heavy atom. The van der Waals surface area contributed by atoms with Gasteiger partial charge in [-0.2, -0.15) is 0 Å². The van der Waals surface area contributed by atoms with Crippen LogP contribution in [0.4, 0.5) is 0 Å². The van der Waals surface area contributed by atoms with Crippen molar-refractivity contribution in [3.8, 4) is 11.5 Å². The number of benzene rings is 1. The first kappa shape index (κ1) is 17.7. The van der Waals surface area contributed by atoms with Gasteiger partial charge in [-0.25, -0.2) is 8.42 Å². The van der Waals surface area contributed by atoms with Crippen LogP contribution in [-0.2, 0) is 9.84 Å². The molecule has 0 amide bonds. The van der Waals surface area contributed by atoms with Crippen molar-refractivity contribution in [2.75, 3.05) is 46.4 Å². The van der Waals surface area contributed by atoms with Crippen molar-refractivity contribution in [2.45, 2.75) is 6.04 Å². The summed E-state index contributed by atoms with van der Waals surface area (Å²) in [6.07, 6.45) is 1.23. The Labute approximate surface area is 126 Å². The second-order valence-corrected chi connectivity index (χ2v) is 7.20. The summed E-state index contributed by atoms with van der Waals surface area (Å²) in [6.45, 7) is 0.755. The fourth-order valence-electron chi connectivity index (χ4n) is 2.18. The second kappa shape index (κ2) is 7.63. The Hall–Kier alpha value is -1.31. The molecule has 0 heterocycles. The van der Waals surface area contributed by atoms with Gasteiger partial charge in [0.1, 0.15) is 9.84 Å². The molecule has 0 aliphatic carbocycles. The number of nitrogens with zero attached hydrogens (tertiary/aromatic N) is 1. The molecule has 2 N–H and O–H groups in total. The molecule has 0 radical (unpaired) electrons. The molecular formula is C14H24N2O4S. The van der Waals surface area contributed by atoms with E-state index in [0.29, 0.717) is 24.6 Å². The minimum Gasteiger partial charge on any atom is -0.493 e. The van der Waals surface area contributed by atoms with Gasteiger partial charge in [0.2, 0.25) is 0 Å². The third-order valence-corrected chi connectivity index (χ3v) is 4.29. The van der Waals surface area contributed by atoms with Crippen molar-refractivity contribution in [3.63, 3.8) is 0 Å². The standard InChI is InChI=1S/C14H24N2O4S/c1-16(8-9-21(4,17)18)12(10-15)11-6-5-7-13(19-2)14(11)20-3/h5-7,12H,8-10,15H2,1-4H3. The first-order valence-corrected chi connectivity index (χ1v) is 8.69. The SMILES string of the molecule is COc1cccc(C(CN)N(C)CCS(C)(=O)=O)c1OC. The van der Waals surface area contributed by atoms with Crippen LogP contribution >= 0.6 is 0 Å². The van der Waals surface area contributed by atoms with Gasteiger partial charge in [-0.3, -0.25) is 4.90 Å². The van der Waals surface area contributed by atoms with Gasteiger partial charge in [0.05, 0.1) is 26.0 Å². The van der Waals surface area contributed by atoms with E-state index in [1.165, 1.54) is 6.26 Å². The van der Waals surface area contributed by atoms with Gasteiger partial charge in [-0.1, -0.05) is 12.1 Å². The van der Waals surface area contributed by atoms with Gasteiger partial charge >= 0.3 is 0 Å². The predicted octanol–water partition coefficient (Wildman–Crippen LogP) is 0.680. The summed E-state index contributed by atoms with van der Waals surface area (Å²) in [4.78, 5) is 1.92. The topological polar surface area (TPSA) is 81.9 Å². The quantitative estimate of drug-likeness (QED) is 0.759. The van der Waals surface area contributed by atoms with Crippen LogP contribution in [0.25, 0.3) is 0 Å². The maximum absolute atomic E-state index is 11.3. The fourth-order valence-corrected chi connectivity index (χ4v) is 2.80. The molecule has 0 aliphatic rings. The van der Waals surface area contributed by atoms with Gasteiger partial charge in [0.15, 0.2) is 11.5 Å². The van der Waals surface area contributed by atoms with Crippen molar-refractivity contribution < 1.29 is 17.9 Å². The molecule has 1 aromatic rings. The molecule has 21 heavy (non-hydrogen) atoms. The lowest BCUT2D eigenvalue weighted by Crippen LogP contribution is -2.34. The minimum absolute atomic E-state index is 0.0896. The zero-order valence-corrected chi connectivity index (χ0v) is 13.8. The van der Waals surface area contributed by atoms with Crippen LogP contribution in [0.5, 0.6) is 11.5 Å². The van der Waals surface area contributed by atoms with E-state index in [1.54, 1.807) is 14.2 Å². The molecule has 0 saturated carbocycles. The number of para-hydroxylation sites is 1. The number of hydrogen-bond acceptors (Lipinski definition) is 6. The third kappa shape index (κ3) is 4.87. The summed E-state index contributed by atoms with van der Waals surface area (Å²) in [5.41, 5.74) is 6.76. The number of methoxy groups -OCH3 is 2. The van der Waals surface area contributed by atoms with Crippen LogP contribution in [0, 0.1) is 0 Å². The average molecular weight is 316 g/mol. The number of ether oxygens (including phenoxy) is 2. The monoisotopic (exact) mass is 316 g/mol. The highest BCUT2D eigenvalue weighted by Crippen LogP contribution is 2.36. The third-order valence-electron chi connectivity index (χ3n) is 3.36. The van der Waals surface area contributed by atoms with Gasteiger partial charge in [-0.15, -0.1) is 0 Å². The van der Waals surface area contributed by atoms with E-state index >= 15 is 0 Å². The van der Waals surface area contributed by atoms with Gasteiger partial charge in [0.25, 0.3) is 0 Å². The number of rotatable bonds is 8. The molecule has 6 nitrogen and oxygen atoms in total. The van der Waals surface area contributed by atoms with Crippen LogP contribution in [0.15, 0.2) is 18.2 Å². The molecule has 1 rings (SSSR count). The Bertz CT molecular complexity index is 560. The molecule has 0 aliphatic heterocycles. The molecule has 7 heteroatoms. The number of sulfone groups is 1. The zero-order valence-electron chi connectivity index (χ0n) is 13.0. The first-order chi connectivity index (χ1) is 9.84. The minimum atomic E-state index is -3.01. The molecule has 120 valence electrons. The number of nitrogens with two attached hydrogens (primary N) is 1. The molecule has 0 aromatic heterocycles. The number of likely N-dealkylation sites (N-methyl/N-ethyl adjacent to an activating group) is 1. The predicted molar refractivity (Wildman–Crippen MR) is 83.7 cm³/mol. The Morgan fingerprint density at radius 2 is 1.95 bits per heavy atom. The molecule has 1 aromatic carbocycles. The maximum Gasteiger partial charge on any atom is 0.165 e. The lowest BCUT2D eigenvalue weighted by atomic mass is 10.0. The molecule has 0 fully saturated rings. The van der Waals surface area contributed by atoms with Crippen molar-refractivity contribution in [1.82, 2.24) is 4.90 Å². The number of hydrogen-bond donors (Lipinski definition) is 1. The van der Waals surface area contributed by atoms with Crippen LogP contribution < -0.4 is 15.2 Å². The van der Waals surface area contributed by atoms with E-state index < -0.39 is 9.84 Å². The van der Waals surface area contributed by atoms with Gasteiger partial charge < -0.3 is 15.2 Å². The zero-order chi connectivity index (χ0) is 16.0. The Balaban J connectivity index is 3.04. The molecule has 1 unspecified atom stereocenters. The van der Waals surface area contributed by atoms with Crippen LogP contribution in [-0.4, -0.2) is 59.7 Å². The van der Waals surface area contributed by atoms with E-state index in [1.807, 2.05) is 30.1 Å². The van der Waals surface area contributed by atoms with Crippen LogP contribution in [0.2, 0.25) is 0 Å². The molecule has 0 bridgehead atoms. The van der Waals surface area contributed by atoms with Crippen LogP contribution in [0.3, 0.4) is 0 Å². The summed E-state index contributed by atoms with van der Waals surface area (Å²) in [6, 6.07) is 5.45. The van der Waals surface area contributed by atoms with E-state index in [9.17, 15) is 8.42 Å². The summed E-state index contributed by atoms with van der Waals surface area (Å²) < 4.78 is 33.3. The van der Waals surface area contributed by atoms with E-state index in [4.69, 9.17) is 15.2 Å². The van der Waals surface area contributed by atoms with Gasteiger partial charge in [-0.05, 0) is 13.1 Å². The highest BCUT2D eigenvalue weighted by atomic mass is 32.2. The largest absolute Gasteiger partial charge is 0.493 e. The molecule has 1 atom stereocenters. The van der Waals surface area contributed by atoms with Gasteiger partial charge in [0, 0.05) is 24.9 Å². The van der Waals surface area contributed by atoms with E-state index in [0.717, 1.165) is 5.56 Å². The average Bonchev–Trinajstić information content (AvgIpc) is 2.44. The molecular weight excluding hydrogens is 292 g/mol. The fraction of sp³-hybridized carbons (Fsp3) is 0.571. The van der Waals surface area contributed by atoms with Crippen molar-refractivity contribution in [3.05, 3.63) is 23.8 Å². The van der Waals surface area contributed by atoms with Crippen molar-refractivity contribution in [1.29, 1.82) is 0 Å². The summed E-state index contributed by atoms with van der Waals surface area (Å²) >= 11 is 0. The molecule has 0 saturated heterocycles. The second-order valence-electron chi connectivity index (χ2n) is 4.94. The lowest BCUT2D eigenvalue weighted by Gasteiger charge is -2.28. The normalized spacial score (nSPS) is 13.2. The van der Waals surface area contributed by atoms with E-state index in [2.05, 4.69) is 0 Å². The van der Waals surface area contributed by atoms with E-state index in [-0.39, 0.29) is 11.8 Å². The maximum atomic E-state index is 11.3. The first-order valence-electron chi connectivity index (χ1n) is 6.63. The highest BCUT2D eigenvalue weighted by Gasteiger charge is 2.22. The molecule has 0 spiro atoms. The summed E-state index contributed by atoms with van der Waals surface area (Å²) in [7, 11) is 1.99. The van der Waals surface area contributed by atoms with Crippen LogP contribution in [0.1, 0.15) is 11.6 Å².